The van der Waals surface area contributed by atoms with Crippen molar-refractivity contribution >= 4 is 52.6 Å². The van der Waals surface area contributed by atoms with Crippen LogP contribution in [-0.4, -0.2) is 34.4 Å². The van der Waals surface area contributed by atoms with E-state index in [4.69, 9.17) is 29.6 Å². The van der Waals surface area contributed by atoms with Crippen molar-refractivity contribution in [2.24, 2.45) is 5.10 Å². The maximum atomic E-state index is 6.25. The molecule has 26 heavy (non-hydrogen) atoms. The highest BCUT2D eigenvalue weighted by molar-refractivity contribution is 7.80. The molecule has 1 saturated heterocycles. The zero-order valence-corrected chi connectivity index (χ0v) is 15.9. The number of hydrogen-bond donors (Lipinski definition) is 3. The average Bonchev–Trinajstić information content (AvgIpc) is 3.13. The molecule has 9 heteroatoms. The van der Waals surface area contributed by atoms with Crippen LogP contribution >= 0.6 is 23.8 Å². The maximum Gasteiger partial charge on any atom is 0.223 e. The Morgan fingerprint density at radius 2 is 1.96 bits per heavy atom. The van der Waals surface area contributed by atoms with Crippen molar-refractivity contribution in [2.75, 3.05) is 29.0 Å². The second-order valence-corrected chi connectivity index (χ2v) is 6.76. The zero-order valence-electron chi connectivity index (χ0n) is 14.4. The van der Waals surface area contributed by atoms with Gasteiger partial charge in [0.1, 0.15) is 11.0 Å². The fourth-order valence-corrected chi connectivity index (χ4v) is 3.07. The minimum Gasteiger partial charge on any atom is -0.368 e. The lowest BCUT2D eigenvalue weighted by atomic mass is 10.2. The van der Waals surface area contributed by atoms with Gasteiger partial charge in [-0.1, -0.05) is 29.3 Å². The Balaban J connectivity index is 1.69. The summed E-state index contributed by atoms with van der Waals surface area (Å²) < 4.78 is 0. The van der Waals surface area contributed by atoms with Crippen molar-refractivity contribution in [3.63, 3.8) is 0 Å². The molecular weight excluding hydrogens is 370 g/mol. The van der Waals surface area contributed by atoms with Gasteiger partial charge in [0, 0.05) is 18.8 Å². The molecule has 136 valence electrons. The second-order valence-electron chi connectivity index (χ2n) is 5.99. The van der Waals surface area contributed by atoms with Crippen LogP contribution < -0.4 is 21.4 Å². The highest BCUT2D eigenvalue weighted by Crippen LogP contribution is 2.26. The minimum atomic E-state index is 0.151. The number of hydrogen-bond acceptors (Lipinski definition) is 6. The third-order valence-corrected chi connectivity index (χ3v) is 4.45. The van der Waals surface area contributed by atoms with Gasteiger partial charge in [-0.05, 0) is 44.1 Å². The highest BCUT2D eigenvalue weighted by atomic mass is 35.5. The van der Waals surface area contributed by atoms with Crippen LogP contribution in [0.5, 0.6) is 0 Å². The summed E-state index contributed by atoms with van der Waals surface area (Å²) in [5, 5.41) is 7.87. The molecule has 0 amide bonds. The molecule has 0 unspecified atom stereocenters. The van der Waals surface area contributed by atoms with Gasteiger partial charge in [0.25, 0.3) is 0 Å². The molecule has 2 aromatic rings. The Bertz CT molecular complexity index is 817. The molecule has 0 aliphatic carbocycles. The number of benzene rings is 1. The van der Waals surface area contributed by atoms with Crippen LogP contribution in [0.2, 0.25) is 5.15 Å². The first kappa shape index (κ1) is 18.3. The smallest absolute Gasteiger partial charge is 0.223 e. The number of aryl methyl sites for hydroxylation is 1. The van der Waals surface area contributed by atoms with E-state index in [-0.39, 0.29) is 11.1 Å². The number of halogens is 1. The van der Waals surface area contributed by atoms with Gasteiger partial charge >= 0.3 is 0 Å². The number of anilines is 3. The van der Waals surface area contributed by atoms with Crippen LogP contribution in [0.25, 0.3) is 0 Å². The summed E-state index contributed by atoms with van der Waals surface area (Å²) in [6, 6.07) is 7.90. The maximum absolute atomic E-state index is 6.25. The zero-order chi connectivity index (χ0) is 18.5. The molecule has 1 aromatic carbocycles. The van der Waals surface area contributed by atoms with Crippen LogP contribution in [0.4, 0.5) is 17.5 Å². The lowest BCUT2D eigenvalue weighted by molar-refractivity contribution is 0.928. The van der Waals surface area contributed by atoms with Gasteiger partial charge < -0.3 is 16.0 Å². The van der Waals surface area contributed by atoms with Crippen LogP contribution in [0, 0.1) is 6.92 Å². The van der Waals surface area contributed by atoms with Crippen molar-refractivity contribution in [1.29, 1.82) is 0 Å². The Hall–Kier alpha value is -2.45. The number of thiocarbonyl (C=S) groups is 1. The Kier molecular flexibility index (Phi) is 5.85. The molecule has 3 rings (SSSR count). The molecule has 1 aromatic heterocycles. The largest absolute Gasteiger partial charge is 0.368 e. The minimum absolute atomic E-state index is 0.151. The predicted octanol–water partition coefficient (Wildman–Crippen LogP) is 2.94. The number of rotatable bonds is 4. The Morgan fingerprint density at radius 1 is 1.27 bits per heavy atom. The monoisotopic (exact) mass is 389 g/mol. The van der Waals surface area contributed by atoms with Gasteiger partial charge in [0.2, 0.25) is 5.95 Å². The van der Waals surface area contributed by atoms with Crippen molar-refractivity contribution in [3.05, 3.63) is 40.5 Å². The van der Waals surface area contributed by atoms with E-state index in [0.29, 0.717) is 16.5 Å². The number of nitrogen functional groups attached to an aromatic ring is 1. The second kappa shape index (κ2) is 8.29. The summed E-state index contributed by atoms with van der Waals surface area (Å²) in [4.78, 5) is 10.5. The lowest BCUT2D eigenvalue weighted by Gasteiger charge is -2.19. The summed E-state index contributed by atoms with van der Waals surface area (Å²) in [5.74, 6) is 0.849. The molecule has 0 saturated carbocycles. The van der Waals surface area contributed by atoms with E-state index < -0.39 is 0 Å². The number of nitrogens with one attached hydrogen (secondary N) is 2. The molecular formula is C17H20ClN7S. The van der Waals surface area contributed by atoms with E-state index in [2.05, 4.69) is 30.7 Å². The first-order chi connectivity index (χ1) is 12.5. The topological polar surface area (TPSA) is 91.5 Å². The van der Waals surface area contributed by atoms with Gasteiger partial charge in [0.15, 0.2) is 5.11 Å². The molecule has 7 nitrogen and oxygen atoms in total. The summed E-state index contributed by atoms with van der Waals surface area (Å²) in [6.45, 7) is 3.85. The molecule has 2 heterocycles. The van der Waals surface area contributed by atoms with Gasteiger partial charge in [-0.2, -0.15) is 10.1 Å². The van der Waals surface area contributed by atoms with Gasteiger partial charge in [-0.25, -0.2) is 4.98 Å². The first-order valence-electron chi connectivity index (χ1n) is 8.27. The first-order valence-corrected chi connectivity index (χ1v) is 9.06. The van der Waals surface area contributed by atoms with E-state index in [9.17, 15) is 0 Å². The summed E-state index contributed by atoms with van der Waals surface area (Å²) in [6.07, 6.45) is 3.79. The third kappa shape index (κ3) is 4.59. The molecule has 1 fully saturated rings. The molecule has 0 atom stereocenters. The van der Waals surface area contributed by atoms with Gasteiger partial charge in [0.05, 0.1) is 11.8 Å². The summed E-state index contributed by atoms with van der Waals surface area (Å²) >= 11 is 11.5. The molecule has 1 aliphatic heterocycles. The van der Waals surface area contributed by atoms with Crippen LogP contribution in [0.3, 0.4) is 0 Å². The molecule has 1 aliphatic rings. The third-order valence-electron chi connectivity index (χ3n) is 3.97. The van der Waals surface area contributed by atoms with E-state index >= 15 is 0 Å². The van der Waals surface area contributed by atoms with Crippen molar-refractivity contribution in [3.8, 4) is 0 Å². The molecule has 0 bridgehead atoms. The fraction of sp³-hybridized carbons (Fsp3) is 0.294. The standard InChI is InChI=1S/C17H20ClN7S/c1-11-4-6-12(7-5-11)21-17(26)24-20-10-13-14(18)22-16(19)23-15(13)25-8-2-3-9-25/h4-7,10H,2-3,8-9H2,1H3,(H2,19,22,23)(H2,21,24,26)/b20-10+. The Labute approximate surface area is 162 Å². The summed E-state index contributed by atoms with van der Waals surface area (Å²) in [5.41, 5.74) is 11.2. The van der Waals surface area contributed by atoms with Gasteiger partial charge in [-0.15, -0.1) is 0 Å². The Morgan fingerprint density at radius 3 is 2.65 bits per heavy atom. The number of aromatic nitrogens is 2. The van der Waals surface area contributed by atoms with Gasteiger partial charge in [-0.3, -0.25) is 5.43 Å². The SMILES string of the molecule is Cc1ccc(NC(=S)N/N=C/c2c(Cl)nc(N)nc2N2CCCC2)cc1. The van der Waals surface area contributed by atoms with E-state index in [1.807, 2.05) is 31.2 Å². The normalized spacial score (nSPS) is 14.0. The highest BCUT2D eigenvalue weighted by Gasteiger charge is 2.20. The lowest BCUT2D eigenvalue weighted by Crippen LogP contribution is -2.25. The predicted molar refractivity (Wildman–Crippen MR) is 111 cm³/mol. The molecule has 0 spiro atoms. The fourth-order valence-electron chi connectivity index (χ4n) is 2.68. The molecule has 0 radical (unpaired) electrons. The van der Waals surface area contributed by atoms with E-state index in [0.717, 1.165) is 31.6 Å². The number of hydrazone groups is 1. The van der Waals surface area contributed by atoms with E-state index in [1.54, 1.807) is 6.21 Å². The van der Waals surface area contributed by atoms with Crippen LogP contribution in [-0.2, 0) is 0 Å². The number of nitrogens with zero attached hydrogens (tertiary/aromatic N) is 4. The van der Waals surface area contributed by atoms with Crippen molar-refractivity contribution in [2.45, 2.75) is 19.8 Å². The van der Waals surface area contributed by atoms with Crippen LogP contribution in [0.15, 0.2) is 29.4 Å². The van der Waals surface area contributed by atoms with E-state index in [1.165, 1.54) is 5.56 Å². The van der Waals surface area contributed by atoms with Crippen molar-refractivity contribution < 1.29 is 0 Å². The van der Waals surface area contributed by atoms with Crippen LogP contribution in [0.1, 0.15) is 24.0 Å². The number of nitrogens with two attached hydrogens (primary N) is 1. The molecule has 4 N–H and O–H groups in total. The average molecular weight is 390 g/mol. The quantitative estimate of drug-likeness (QED) is 0.320. The summed E-state index contributed by atoms with van der Waals surface area (Å²) in [7, 11) is 0. The van der Waals surface area contributed by atoms with Crippen molar-refractivity contribution in [1.82, 2.24) is 15.4 Å².